The molecule has 114 valence electrons. The van der Waals surface area contributed by atoms with Crippen molar-refractivity contribution >= 4 is 12.0 Å². The van der Waals surface area contributed by atoms with Crippen molar-refractivity contribution in [1.29, 1.82) is 0 Å². The van der Waals surface area contributed by atoms with E-state index in [2.05, 4.69) is 43.4 Å². The second-order valence-electron chi connectivity index (χ2n) is 6.52. The van der Waals surface area contributed by atoms with E-state index in [0.29, 0.717) is 12.0 Å². The summed E-state index contributed by atoms with van der Waals surface area (Å²) in [7, 11) is 0. The summed E-state index contributed by atoms with van der Waals surface area (Å²) < 4.78 is 0. The molecule has 0 saturated heterocycles. The second kappa shape index (κ2) is 8.02. The third-order valence-corrected chi connectivity index (χ3v) is 4.00. The van der Waals surface area contributed by atoms with Crippen LogP contribution in [-0.2, 0) is 11.2 Å². The van der Waals surface area contributed by atoms with Gasteiger partial charge in [-0.2, -0.15) is 0 Å². The van der Waals surface area contributed by atoms with E-state index in [1.807, 2.05) is 6.08 Å². The zero-order chi connectivity index (χ0) is 15.1. The van der Waals surface area contributed by atoms with Crippen LogP contribution in [0.15, 0.2) is 30.3 Å². The zero-order valence-corrected chi connectivity index (χ0v) is 13.3. The van der Waals surface area contributed by atoms with Gasteiger partial charge in [0.15, 0.2) is 0 Å². The Morgan fingerprint density at radius 3 is 2.48 bits per heavy atom. The molecule has 0 heterocycles. The monoisotopic (exact) mass is 285 g/mol. The molecular formula is C19H27NO. The van der Waals surface area contributed by atoms with Gasteiger partial charge in [-0.05, 0) is 42.4 Å². The Kier molecular flexibility index (Phi) is 6.04. The van der Waals surface area contributed by atoms with Gasteiger partial charge in [0.1, 0.15) is 0 Å². The standard InChI is InChI=1S/C19H27NO/c1-15(2)14-17-10-8-16(9-11-17)12-13-19(21)20-18-6-4-3-5-7-18/h8-13,15,18H,3-7,14H2,1-2H3,(H,20,21). The highest BCUT2D eigenvalue weighted by molar-refractivity contribution is 5.91. The van der Waals surface area contributed by atoms with Gasteiger partial charge in [-0.25, -0.2) is 0 Å². The van der Waals surface area contributed by atoms with Crippen molar-refractivity contribution in [2.24, 2.45) is 5.92 Å². The number of hydrogen-bond acceptors (Lipinski definition) is 1. The van der Waals surface area contributed by atoms with Crippen molar-refractivity contribution in [2.75, 3.05) is 0 Å². The highest BCUT2D eigenvalue weighted by Gasteiger charge is 2.13. The van der Waals surface area contributed by atoms with Crippen molar-refractivity contribution in [3.05, 3.63) is 41.5 Å². The van der Waals surface area contributed by atoms with Gasteiger partial charge in [0.2, 0.25) is 5.91 Å². The molecule has 1 aliphatic carbocycles. The maximum absolute atomic E-state index is 11.9. The van der Waals surface area contributed by atoms with Crippen molar-refractivity contribution < 1.29 is 4.79 Å². The van der Waals surface area contributed by atoms with Crippen LogP contribution in [0.1, 0.15) is 57.1 Å². The van der Waals surface area contributed by atoms with Crippen LogP contribution in [0.25, 0.3) is 6.08 Å². The summed E-state index contributed by atoms with van der Waals surface area (Å²) in [6.07, 6.45) is 10.7. The minimum absolute atomic E-state index is 0.0353. The lowest BCUT2D eigenvalue weighted by Gasteiger charge is -2.21. The third kappa shape index (κ3) is 5.74. The molecule has 1 aliphatic rings. The van der Waals surface area contributed by atoms with Gasteiger partial charge in [-0.1, -0.05) is 57.4 Å². The smallest absolute Gasteiger partial charge is 0.244 e. The Hall–Kier alpha value is -1.57. The van der Waals surface area contributed by atoms with Crippen LogP contribution in [0.5, 0.6) is 0 Å². The van der Waals surface area contributed by atoms with Crippen molar-refractivity contribution in [1.82, 2.24) is 5.32 Å². The summed E-state index contributed by atoms with van der Waals surface area (Å²) >= 11 is 0. The number of carbonyl (C=O) groups excluding carboxylic acids is 1. The lowest BCUT2D eigenvalue weighted by Crippen LogP contribution is -2.34. The van der Waals surface area contributed by atoms with Gasteiger partial charge in [0.05, 0.1) is 0 Å². The fourth-order valence-electron chi connectivity index (χ4n) is 2.90. The molecule has 1 saturated carbocycles. The number of hydrogen-bond donors (Lipinski definition) is 1. The quantitative estimate of drug-likeness (QED) is 0.801. The molecule has 2 rings (SSSR count). The summed E-state index contributed by atoms with van der Waals surface area (Å²) in [5, 5.41) is 3.10. The minimum atomic E-state index is 0.0353. The summed E-state index contributed by atoms with van der Waals surface area (Å²) in [6, 6.07) is 8.85. The Morgan fingerprint density at radius 1 is 1.19 bits per heavy atom. The van der Waals surface area contributed by atoms with Gasteiger partial charge < -0.3 is 5.32 Å². The van der Waals surface area contributed by atoms with E-state index in [9.17, 15) is 4.79 Å². The van der Waals surface area contributed by atoms with Crippen LogP contribution in [0.4, 0.5) is 0 Å². The van der Waals surface area contributed by atoms with Crippen LogP contribution >= 0.6 is 0 Å². The molecule has 0 spiro atoms. The highest BCUT2D eigenvalue weighted by Crippen LogP contribution is 2.17. The number of rotatable bonds is 5. The van der Waals surface area contributed by atoms with E-state index in [4.69, 9.17) is 0 Å². The first-order valence-electron chi connectivity index (χ1n) is 8.21. The Bertz CT molecular complexity index is 467. The zero-order valence-electron chi connectivity index (χ0n) is 13.3. The van der Waals surface area contributed by atoms with Gasteiger partial charge in [0.25, 0.3) is 0 Å². The minimum Gasteiger partial charge on any atom is -0.350 e. The molecule has 0 unspecified atom stereocenters. The first kappa shape index (κ1) is 15.8. The van der Waals surface area contributed by atoms with Crippen LogP contribution in [0.3, 0.4) is 0 Å². The molecule has 0 aliphatic heterocycles. The average molecular weight is 285 g/mol. The third-order valence-electron chi connectivity index (χ3n) is 4.00. The van der Waals surface area contributed by atoms with Crippen LogP contribution in [0, 0.1) is 5.92 Å². The van der Waals surface area contributed by atoms with Crippen molar-refractivity contribution in [2.45, 2.75) is 58.4 Å². The number of benzene rings is 1. The predicted molar refractivity (Wildman–Crippen MR) is 89.0 cm³/mol. The summed E-state index contributed by atoms with van der Waals surface area (Å²) in [5.41, 5.74) is 2.44. The maximum Gasteiger partial charge on any atom is 0.244 e. The van der Waals surface area contributed by atoms with E-state index in [0.717, 1.165) is 24.8 Å². The largest absolute Gasteiger partial charge is 0.350 e. The molecule has 0 atom stereocenters. The molecule has 0 radical (unpaired) electrons. The normalized spacial score (nSPS) is 16.5. The van der Waals surface area contributed by atoms with E-state index < -0.39 is 0 Å². The SMILES string of the molecule is CC(C)Cc1ccc(C=CC(=O)NC2CCCCC2)cc1. The summed E-state index contributed by atoms with van der Waals surface area (Å²) in [5.74, 6) is 0.709. The van der Waals surface area contributed by atoms with Crippen molar-refractivity contribution in [3.8, 4) is 0 Å². The first-order chi connectivity index (χ1) is 10.1. The molecule has 1 amide bonds. The predicted octanol–water partition coefficient (Wildman–Crippen LogP) is 4.35. The Morgan fingerprint density at radius 2 is 1.86 bits per heavy atom. The van der Waals surface area contributed by atoms with E-state index in [1.165, 1.54) is 24.8 Å². The molecule has 0 aromatic heterocycles. The van der Waals surface area contributed by atoms with Gasteiger partial charge in [-0.3, -0.25) is 4.79 Å². The summed E-state index contributed by atoms with van der Waals surface area (Å²) in [4.78, 5) is 11.9. The molecule has 0 bridgehead atoms. The van der Waals surface area contributed by atoms with Gasteiger partial charge >= 0.3 is 0 Å². The fraction of sp³-hybridized carbons (Fsp3) is 0.526. The topological polar surface area (TPSA) is 29.1 Å². The molecule has 1 aromatic carbocycles. The molecule has 1 fully saturated rings. The molecular weight excluding hydrogens is 258 g/mol. The maximum atomic E-state index is 11.9. The molecule has 1 N–H and O–H groups in total. The summed E-state index contributed by atoms with van der Waals surface area (Å²) in [6.45, 7) is 4.45. The lowest BCUT2D eigenvalue weighted by atomic mass is 9.95. The van der Waals surface area contributed by atoms with Crippen LogP contribution in [0.2, 0.25) is 0 Å². The number of carbonyl (C=O) groups is 1. The van der Waals surface area contributed by atoms with E-state index in [-0.39, 0.29) is 5.91 Å². The molecule has 2 heteroatoms. The fourth-order valence-corrected chi connectivity index (χ4v) is 2.90. The molecule has 2 nitrogen and oxygen atoms in total. The van der Waals surface area contributed by atoms with Crippen LogP contribution in [-0.4, -0.2) is 11.9 Å². The molecule has 1 aromatic rings. The first-order valence-corrected chi connectivity index (χ1v) is 8.21. The average Bonchev–Trinajstić information content (AvgIpc) is 2.47. The van der Waals surface area contributed by atoms with Gasteiger partial charge in [0, 0.05) is 12.1 Å². The Labute approximate surface area is 128 Å². The molecule has 21 heavy (non-hydrogen) atoms. The van der Waals surface area contributed by atoms with Gasteiger partial charge in [-0.15, -0.1) is 0 Å². The number of nitrogens with one attached hydrogen (secondary N) is 1. The Balaban J connectivity index is 1.83. The second-order valence-corrected chi connectivity index (χ2v) is 6.52. The lowest BCUT2D eigenvalue weighted by molar-refractivity contribution is -0.117. The number of amides is 1. The van der Waals surface area contributed by atoms with Crippen LogP contribution < -0.4 is 5.32 Å². The van der Waals surface area contributed by atoms with E-state index in [1.54, 1.807) is 6.08 Å². The highest BCUT2D eigenvalue weighted by atomic mass is 16.1. The van der Waals surface area contributed by atoms with Crippen molar-refractivity contribution in [3.63, 3.8) is 0 Å². The van der Waals surface area contributed by atoms with E-state index >= 15 is 0 Å².